The third-order valence-corrected chi connectivity index (χ3v) is 3.36. The number of nitrogens with two attached hydrogens (primary N) is 1. The fraction of sp³-hybridized carbons (Fsp3) is 0.571. The van der Waals surface area contributed by atoms with Crippen LogP contribution in [0.15, 0.2) is 24.3 Å². The highest BCUT2D eigenvalue weighted by Crippen LogP contribution is 2.19. The summed E-state index contributed by atoms with van der Waals surface area (Å²) < 4.78 is 5.51. The van der Waals surface area contributed by atoms with Crippen molar-refractivity contribution >= 4 is 0 Å². The molecule has 1 aromatic carbocycles. The molecule has 3 nitrogen and oxygen atoms in total. The third-order valence-electron chi connectivity index (χ3n) is 3.36. The first-order valence-electron chi connectivity index (χ1n) is 6.38. The molecule has 0 spiro atoms. The van der Waals surface area contributed by atoms with Crippen molar-refractivity contribution in [2.75, 3.05) is 19.7 Å². The van der Waals surface area contributed by atoms with Gasteiger partial charge in [-0.2, -0.15) is 0 Å². The Bertz CT molecular complexity index is 357. The third kappa shape index (κ3) is 3.20. The number of ether oxygens (including phenoxy) is 1. The first kappa shape index (κ1) is 12.4. The summed E-state index contributed by atoms with van der Waals surface area (Å²) in [7, 11) is 0. The van der Waals surface area contributed by atoms with Gasteiger partial charge in [0, 0.05) is 25.7 Å². The van der Waals surface area contributed by atoms with Crippen molar-refractivity contribution in [3.05, 3.63) is 29.8 Å². The molecule has 2 N–H and O–H groups in total. The van der Waals surface area contributed by atoms with E-state index < -0.39 is 0 Å². The van der Waals surface area contributed by atoms with E-state index in [0.717, 1.165) is 32.0 Å². The van der Waals surface area contributed by atoms with Crippen LogP contribution in [0, 0.1) is 5.92 Å². The lowest BCUT2D eigenvalue weighted by Crippen LogP contribution is -2.28. The molecule has 0 bridgehead atoms. The second-order valence-electron chi connectivity index (χ2n) is 4.92. The van der Waals surface area contributed by atoms with Gasteiger partial charge in [-0.15, -0.1) is 0 Å². The summed E-state index contributed by atoms with van der Waals surface area (Å²) in [6, 6.07) is 8.66. The normalized spacial score (nSPS) is 25.1. The van der Waals surface area contributed by atoms with Crippen LogP contribution >= 0.6 is 0 Å². The Balaban J connectivity index is 1.97. The summed E-state index contributed by atoms with van der Waals surface area (Å²) >= 11 is 0. The summed E-state index contributed by atoms with van der Waals surface area (Å²) in [5, 5.41) is 0. The summed E-state index contributed by atoms with van der Waals surface area (Å²) in [6.07, 6.45) is 0. The van der Waals surface area contributed by atoms with E-state index in [1.165, 1.54) is 5.56 Å². The van der Waals surface area contributed by atoms with Gasteiger partial charge in [0.2, 0.25) is 0 Å². The molecule has 0 aromatic heterocycles. The average Bonchev–Trinajstić information content (AvgIpc) is 2.59. The van der Waals surface area contributed by atoms with Gasteiger partial charge in [-0.05, 0) is 30.5 Å². The average molecular weight is 234 g/mol. The molecule has 3 heteroatoms. The quantitative estimate of drug-likeness (QED) is 0.864. The second kappa shape index (κ2) is 5.52. The van der Waals surface area contributed by atoms with Crippen molar-refractivity contribution in [3.8, 4) is 5.75 Å². The van der Waals surface area contributed by atoms with E-state index in [1.54, 1.807) is 0 Å². The smallest absolute Gasteiger partial charge is 0.119 e. The number of nitrogens with zero attached hydrogens (tertiary/aromatic N) is 1. The standard InChI is InChI=1S/C14H22N2O/c1-3-17-13-6-4-5-12(7-13)9-16-8-11(2)14(15)10-16/h4-7,11,14H,3,8-10,15H2,1-2H3. The molecule has 1 aromatic rings. The highest BCUT2D eigenvalue weighted by molar-refractivity contribution is 5.28. The van der Waals surface area contributed by atoms with Gasteiger partial charge < -0.3 is 10.5 Å². The maximum atomic E-state index is 6.03. The second-order valence-corrected chi connectivity index (χ2v) is 4.92. The fourth-order valence-electron chi connectivity index (χ4n) is 2.38. The van der Waals surface area contributed by atoms with Crippen LogP contribution in [0.3, 0.4) is 0 Å². The zero-order chi connectivity index (χ0) is 12.3. The van der Waals surface area contributed by atoms with Gasteiger partial charge in [-0.3, -0.25) is 4.90 Å². The van der Waals surface area contributed by atoms with E-state index in [9.17, 15) is 0 Å². The summed E-state index contributed by atoms with van der Waals surface area (Å²) in [5.41, 5.74) is 7.34. The van der Waals surface area contributed by atoms with Crippen molar-refractivity contribution in [1.82, 2.24) is 4.90 Å². The van der Waals surface area contributed by atoms with Crippen molar-refractivity contribution in [1.29, 1.82) is 0 Å². The van der Waals surface area contributed by atoms with Crippen LogP contribution in [-0.2, 0) is 6.54 Å². The van der Waals surface area contributed by atoms with Crippen LogP contribution in [0.2, 0.25) is 0 Å². The van der Waals surface area contributed by atoms with Crippen molar-refractivity contribution in [3.63, 3.8) is 0 Å². The fourth-order valence-corrected chi connectivity index (χ4v) is 2.38. The lowest BCUT2D eigenvalue weighted by molar-refractivity contribution is 0.315. The minimum atomic E-state index is 0.324. The van der Waals surface area contributed by atoms with Gasteiger partial charge >= 0.3 is 0 Å². The molecule has 2 unspecified atom stereocenters. The Morgan fingerprint density at radius 1 is 1.41 bits per heavy atom. The van der Waals surface area contributed by atoms with Gasteiger partial charge in [-0.25, -0.2) is 0 Å². The molecule has 2 atom stereocenters. The molecule has 1 saturated heterocycles. The number of benzene rings is 1. The molecule has 1 heterocycles. The molecule has 1 aliphatic rings. The van der Waals surface area contributed by atoms with Gasteiger partial charge in [0.1, 0.15) is 5.75 Å². The Morgan fingerprint density at radius 3 is 2.88 bits per heavy atom. The molecule has 0 radical (unpaired) electrons. The predicted molar refractivity (Wildman–Crippen MR) is 70.0 cm³/mol. The van der Waals surface area contributed by atoms with Crippen LogP contribution < -0.4 is 10.5 Å². The molecule has 17 heavy (non-hydrogen) atoms. The minimum absolute atomic E-state index is 0.324. The lowest BCUT2D eigenvalue weighted by Gasteiger charge is -2.15. The maximum absolute atomic E-state index is 6.03. The summed E-state index contributed by atoms with van der Waals surface area (Å²) in [6.45, 7) is 8.02. The van der Waals surface area contributed by atoms with E-state index in [2.05, 4.69) is 30.0 Å². The van der Waals surface area contributed by atoms with Gasteiger partial charge in [0.05, 0.1) is 6.61 Å². The molecular weight excluding hydrogens is 212 g/mol. The van der Waals surface area contributed by atoms with Crippen LogP contribution in [0.25, 0.3) is 0 Å². The van der Waals surface area contributed by atoms with E-state index in [1.807, 2.05) is 13.0 Å². The van der Waals surface area contributed by atoms with Crippen molar-refractivity contribution in [2.24, 2.45) is 11.7 Å². The molecule has 0 aliphatic carbocycles. The Hall–Kier alpha value is -1.06. The Morgan fingerprint density at radius 2 is 2.24 bits per heavy atom. The molecule has 0 saturated carbocycles. The van der Waals surface area contributed by atoms with Gasteiger partial charge in [0.25, 0.3) is 0 Å². The Labute approximate surface area is 104 Å². The lowest BCUT2D eigenvalue weighted by atomic mass is 10.1. The minimum Gasteiger partial charge on any atom is -0.494 e. The highest BCUT2D eigenvalue weighted by Gasteiger charge is 2.26. The first-order chi connectivity index (χ1) is 8.19. The zero-order valence-electron chi connectivity index (χ0n) is 10.7. The molecule has 0 amide bonds. The zero-order valence-corrected chi connectivity index (χ0v) is 10.7. The van der Waals surface area contributed by atoms with Crippen LogP contribution in [-0.4, -0.2) is 30.6 Å². The largest absolute Gasteiger partial charge is 0.494 e. The van der Waals surface area contributed by atoms with Crippen molar-refractivity contribution < 1.29 is 4.74 Å². The van der Waals surface area contributed by atoms with Crippen LogP contribution in [0.4, 0.5) is 0 Å². The van der Waals surface area contributed by atoms with Crippen LogP contribution in [0.5, 0.6) is 5.75 Å². The van der Waals surface area contributed by atoms with Gasteiger partial charge in [-0.1, -0.05) is 19.1 Å². The molecule has 94 valence electrons. The van der Waals surface area contributed by atoms with E-state index in [4.69, 9.17) is 10.5 Å². The molecule has 1 aliphatic heterocycles. The number of hydrogen-bond acceptors (Lipinski definition) is 3. The number of rotatable bonds is 4. The van der Waals surface area contributed by atoms with Gasteiger partial charge in [0.15, 0.2) is 0 Å². The summed E-state index contributed by atoms with van der Waals surface area (Å²) in [4.78, 5) is 2.42. The molecule has 1 fully saturated rings. The number of hydrogen-bond donors (Lipinski definition) is 1. The van der Waals surface area contributed by atoms with Crippen molar-refractivity contribution in [2.45, 2.75) is 26.4 Å². The first-order valence-corrected chi connectivity index (χ1v) is 6.38. The monoisotopic (exact) mass is 234 g/mol. The maximum Gasteiger partial charge on any atom is 0.119 e. The SMILES string of the molecule is CCOc1cccc(CN2CC(C)C(N)C2)c1. The Kier molecular flexibility index (Phi) is 4.02. The van der Waals surface area contributed by atoms with E-state index >= 15 is 0 Å². The van der Waals surface area contributed by atoms with E-state index in [-0.39, 0.29) is 0 Å². The predicted octanol–water partition coefficient (Wildman–Crippen LogP) is 1.86. The topological polar surface area (TPSA) is 38.5 Å². The van der Waals surface area contributed by atoms with E-state index in [0.29, 0.717) is 12.0 Å². The number of likely N-dealkylation sites (tertiary alicyclic amines) is 1. The summed E-state index contributed by atoms with van der Waals surface area (Å²) in [5.74, 6) is 1.56. The molecule has 2 rings (SSSR count). The molecular formula is C14H22N2O. The van der Waals surface area contributed by atoms with Crippen LogP contribution in [0.1, 0.15) is 19.4 Å². The highest BCUT2D eigenvalue weighted by atomic mass is 16.5.